The van der Waals surface area contributed by atoms with Crippen molar-refractivity contribution >= 4 is 72.4 Å². The molecule has 2 nitrogen and oxygen atoms in total. The molecule has 13 rings (SSSR count). The van der Waals surface area contributed by atoms with Gasteiger partial charge in [0.25, 0.3) is 0 Å². The Balaban J connectivity index is 1.06. The van der Waals surface area contributed by atoms with Crippen LogP contribution in [-0.2, 0) is 0 Å². The van der Waals surface area contributed by atoms with Crippen molar-refractivity contribution < 1.29 is 0 Å². The van der Waals surface area contributed by atoms with Crippen LogP contribution in [-0.4, -0.2) is 17.2 Å². The Kier molecular flexibility index (Phi) is 9.88. The van der Waals surface area contributed by atoms with Gasteiger partial charge in [0.05, 0.1) is 27.8 Å². The highest BCUT2D eigenvalue weighted by Gasteiger charge is 2.43. The first-order valence-corrected chi connectivity index (χ1v) is 25.8. The molecule has 0 saturated carbocycles. The van der Waals surface area contributed by atoms with E-state index in [1.807, 2.05) is 0 Å². The zero-order chi connectivity index (χ0) is 45.7. The van der Waals surface area contributed by atoms with E-state index in [0.29, 0.717) is 0 Å². The highest BCUT2D eigenvalue weighted by Crippen LogP contribution is 2.43. The van der Waals surface area contributed by atoms with Gasteiger partial charge < -0.3 is 9.13 Å². The van der Waals surface area contributed by atoms with E-state index in [-0.39, 0.29) is 0 Å². The minimum atomic E-state index is -2.85. The van der Waals surface area contributed by atoms with Crippen LogP contribution < -0.4 is 20.7 Å². The molecule has 13 aromatic rings. The molecule has 0 unspecified atom stereocenters. The van der Waals surface area contributed by atoms with Crippen molar-refractivity contribution in [1.29, 1.82) is 0 Å². The van der Waals surface area contributed by atoms with Gasteiger partial charge in [-0.25, -0.2) is 0 Å². The van der Waals surface area contributed by atoms with Crippen LogP contribution in [0.4, 0.5) is 0 Å². The highest BCUT2D eigenvalue weighted by molar-refractivity contribution is 7.20. The number of hydrogen-bond acceptors (Lipinski definition) is 0. The second-order valence-corrected chi connectivity index (χ2v) is 21.7. The van der Waals surface area contributed by atoms with Crippen molar-refractivity contribution in [3.05, 3.63) is 279 Å². The molecule has 11 aromatic carbocycles. The maximum atomic E-state index is 2.50. The van der Waals surface area contributed by atoms with Crippen LogP contribution in [0.25, 0.3) is 88.4 Å². The molecule has 3 heteroatoms. The molecule has 69 heavy (non-hydrogen) atoms. The van der Waals surface area contributed by atoms with Crippen LogP contribution in [0.2, 0.25) is 0 Å². The molecule has 0 spiro atoms. The second-order valence-electron chi connectivity index (χ2n) is 18.0. The van der Waals surface area contributed by atoms with Crippen molar-refractivity contribution in [2.24, 2.45) is 0 Å². The van der Waals surface area contributed by atoms with Crippen LogP contribution in [0.15, 0.2) is 279 Å². The van der Waals surface area contributed by atoms with Gasteiger partial charge in [-0.3, -0.25) is 0 Å². The molecule has 2 heterocycles. The summed E-state index contributed by atoms with van der Waals surface area (Å²) in [5.41, 5.74) is 14.2. The Hall–Kier alpha value is -8.76. The summed E-state index contributed by atoms with van der Waals surface area (Å²) >= 11 is 0. The molecule has 0 aliphatic heterocycles. The summed E-state index contributed by atoms with van der Waals surface area (Å²) in [6, 6.07) is 103. The molecule has 0 aliphatic rings. The lowest BCUT2D eigenvalue weighted by Gasteiger charge is -2.36. The third kappa shape index (κ3) is 6.54. The maximum absolute atomic E-state index is 2.85. The van der Waals surface area contributed by atoms with E-state index < -0.39 is 8.07 Å². The first-order chi connectivity index (χ1) is 34.3. The molecule has 0 atom stereocenters. The van der Waals surface area contributed by atoms with E-state index in [0.717, 1.165) is 5.69 Å². The zero-order valence-electron chi connectivity index (χ0n) is 38.0. The fourth-order valence-electron chi connectivity index (χ4n) is 11.3. The van der Waals surface area contributed by atoms with Crippen LogP contribution in [0, 0.1) is 0 Å². The minimum Gasteiger partial charge on any atom is -0.309 e. The summed E-state index contributed by atoms with van der Waals surface area (Å²) in [5.74, 6) is 0. The van der Waals surface area contributed by atoms with E-state index in [1.165, 1.54) is 103 Å². The Labute approximate surface area is 403 Å². The minimum absolute atomic E-state index is 1.13. The number of fused-ring (bicyclic) bond motifs is 6. The number of rotatable bonds is 9. The van der Waals surface area contributed by atoms with Gasteiger partial charge in [-0.1, -0.05) is 243 Å². The van der Waals surface area contributed by atoms with Crippen LogP contribution in [0.5, 0.6) is 0 Å². The molecule has 0 amide bonds. The maximum Gasteiger partial charge on any atom is 0.180 e. The molecule has 0 saturated heterocycles. The van der Waals surface area contributed by atoms with Crippen molar-refractivity contribution in [2.75, 3.05) is 0 Å². The molecule has 0 bridgehead atoms. The summed E-state index contributed by atoms with van der Waals surface area (Å²) < 4.78 is 4.99. The number of benzene rings is 11. The third-order valence-electron chi connectivity index (χ3n) is 14.3. The lowest BCUT2D eigenvalue weighted by Crippen LogP contribution is -2.75. The van der Waals surface area contributed by atoms with Crippen molar-refractivity contribution in [3.8, 4) is 44.8 Å². The topological polar surface area (TPSA) is 9.86 Å². The predicted molar refractivity (Wildman–Crippen MR) is 295 cm³/mol. The predicted octanol–water partition coefficient (Wildman–Crippen LogP) is 14.3. The summed E-state index contributed by atoms with van der Waals surface area (Å²) in [7, 11) is -2.85. The fraction of sp³-hybridized carbons (Fsp3) is 0. The first kappa shape index (κ1) is 40.5. The quantitative estimate of drug-likeness (QED) is 0.101. The molecule has 2 aromatic heterocycles. The second kappa shape index (κ2) is 16.8. The van der Waals surface area contributed by atoms with Gasteiger partial charge in [0.1, 0.15) is 0 Å². The van der Waals surface area contributed by atoms with E-state index in [1.54, 1.807) is 0 Å². The van der Waals surface area contributed by atoms with Gasteiger partial charge in [0.15, 0.2) is 8.07 Å². The van der Waals surface area contributed by atoms with Crippen LogP contribution in [0.1, 0.15) is 0 Å². The SMILES string of the molecule is c1ccc(-c2cccc(-c3ccccc3)c2-n2c3ccccc3c3cc(-n4c5ccccc5c5ccc(-c6ccccc6[Si](c6ccccc6)(c6ccccc6)c6ccccc6)cc54)ccc32)cc1. The van der Waals surface area contributed by atoms with Gasteiger partial charge >= 0.3 is 0 Å². The van der Waals surface area contributed by atoms with Crippen molar-refractivity contribution in [3.63, 3.8) is 0 Å². The molecule has 0 N–H and O–H groups in total. The van der Waals surface area contributed by atoms with Crippen molar-refractivity contribution in [1.82, 2.24) is 9.13 Å². The third-order valence-corrected chi connectivity index (χ3v) is 19.1. The van der Waals surface area contributed by atoms with Gasteiger partial charge in [-0.15, -0.1) is 0 Å². The lowest BCUT2D eigenvalue weighted by molar-refractivity contribution is 1.17. The molecular weight excluding hydrogens is 849 g/mol. The number of aromatic nitrogens is 2. The van der Waals surface area contributed by atoms with Gasteiger partial charge in [-0.05, 0) is 79.4 Å². The Morgan fingerprint density at radius 3 is 1.26 bits per heavy atom. The zero-order valence-corrected chi connectivity index (χ0v) is 39.0. The smallest absolute Gasteiger partial charge is 0.180 e. The van der Waals surface area contributed by atoms with E-state index in [9.17, 15) is 0 Å². The van der Waals surface area contributed by atoms with Crippen LogP contribution in [0.3, 0.4) is 0 Å². The number of hydrogen-bond donors (Lipinski definition) is 0. The fourth-order valence-corrected chi connectivity index (χ4v) is 16.3. The number of nitrogens with zero attached hydrogens (tertiary/aromatic N) is 2. The van der Waals surface area contributed by atoms with Gasteiger partial charge in [0, 0.05) is 38.4 Å². The van der Waals surface area contributed by atoms with Gasteiger partial charge in [-0.2, -0.15) is 0 Å². The summed E-state index contributed by atoms with van der Waals surface area (Å²) in [5, 5.41) is 10.4. The number of para-hydroxylation sites is 3. The average molecular weight is 895 g/mol. The molecule has 0 aliphatic carbocycles. The molecule has 324 valence electrons. The van der Waals surface area contributed by atoms with Crippen molar-refractivity contribution in [2.45, 2.75) is 0 Å². The average Bonchev–Trinajstić information content (AvgIpc) is 3.94. The Morgan fingerprint density at radius 1 is 0.246 bits per heavy atom. The Bertz CT molecular complexity index is 3830. The summed E-state index contributed by atoms with van der Waals surface area (Å²) in [4.78, 5) is 0. The highest BCUT2D eigenvalue weighted by atomic mass is 28.3. The molecular formula is C66H46N2Si. The standard InChI is InChI=1S/C66H46N2Si/c1-6-23-47(24-7-1)55-36-22-37-56(48-25-8-2-9-26-48)66(55)68-62-39-20-17-35-58(62)60-46-50(42-44-63(60)68)67-61-38-19-16-34-57(61)59-43-41-49(45-64(59)67)54-33-18-21-40-65(54)69(51-27-10-3-11-28-51,52-29-12-4-13-30-52)53-31-14-5-15-32-53/h1-46H. The first-order valence-electron chi connectivity index (χ1n) is 23.8. The summed E-state index contributed by atoms with van der Waals surface area (Å²) in [6.07, 6.45) is 0. The Morgan fingerprint density at radius 2 is 0.681 bits per heavy atom. The van der Waals surface area contributed by atoms with Crippen LogP contribution >= 0.6 is 0 Å². The summed E-state index contributed by atoms with van der Waals surface area (Å²) in [6.45, 7) is 0. The largest absolute Gasteiger partial charge is 0.309 e. The normalized spacial score (nSPS) is 11.8. The van der Waals surface area contributed by atoms with E-state index >= 15 is 0 Å². The monoisotopic (exact) mass is 894 g/mol. The van der Waals surface area contributed by atoms with E-state index in [2.05, 4.69) is 288 Å². The molecule has 0 radical (unpaired) electrons. The van der Waals surface area contributed by atoms with E-state index in [4.69, 9.17) is 0 Å². The lowest BCUT2D eigenvalue weighted by atomic mass is 9.95. The molecule has 0 fully saturated rings. The van der Waals surface area contributed by atoms with Gasteiger partial charge in [0.2, 0.25) is 0 Å².